The number of amides is 1. The first-order chi connectivity index (χ1) is 12.0. The molecule has 0 N–H and O–H groups in total. The largest absolute Gasteiger partial charge is 0.338 e. The SMILES string of the molecule is Cc1cc(C)cc(C(=O)N2CC(Cn3nc(C4CC4)ccc3=O)C2)c1. The molecule has 1 aromatic carbocycles. The summed E-state index contributed by atoms with van der Waals surface area (Å²) in [6, 6.07) is 9.42. The molecular formula is C20H23N3O2. The Morgan fingerprint density at radius 1 is 1.12 bits per heavy atom. The van der Waals surface area contributed by atoms with E-state index in [-0.39, 0.29) is 11.5 Å². The molecule has 0 bridgehead atoms. The van der Waals surface area contributed by atoms with Gasteiger partial charge in [0.05, 0.1) is 12.2 Å². The molecule has 4 rings (SSSR count). The van der Waals surface area contributed by atoms with Crippen LogP contribution in [0.2, 0.25) is 0 Å². The molecule has 1 amide bonds. The summed E-state index contributed by atoms with van der Waals surface area (Å²) in [6.45, 7) is 5.98. The average molecular weight is 337 g/mol. The second-order valence-corrected chi connectivity index (χ2v) is 7.51. The van der Waals surface area contributed by atoms with Gasteiger partial charge in [-0.15, -0.1) is 0 Å². The average Bonchev–Trinajstić information content (AvgIpc) is 3.35. The number of likely N-dealkylation sites (tertiary alicyclic amines) is 1. The van der Waals surface area contributed by atoms with E-state index in [9.17, 15) is 9.59 Å². The number of carbonyl (C=O) groups excluding carboxylic acids is 1. The second-order valence-electron chi connectivity index (χ2n) is 7.51. The van der Waals surface area contributed by atoms with Gasteiger partial charge in [-0.25, -0.2) is 4.68 Å². The van der Waals surface area contributed by atoms with Gasteiger partial charge in [0.1, 0.15) is 0 Å². The molecule has 0 spiro atoms. The van der Waals surface area contributed by atoms with Gasteiger partial charge >= 0.3 is 0 Å². The summed E-state index contributed by atoms with van der Waals surface area (Å²) in [5.41, 5.74) is 3.94. The molecule has 1 aliphatic heterocycles. The van der Waals surface area contributed by atoms with Gasteiger partial charge in [0.15, 0.2) is 0 Å². The lowest BCUT2D eigenvalue weighted by Gasteiger charge is -2.39. The smallest absolute Gasteiger partial charge is 0.266 e. The third-order valence-electron chi connectivity index (χ3n) is 5.03. The van der Waals surface area contributed by atoms with Gasteiger partial charge in [0.2, 0.25) is 0 Å². The maximum Gasteiger partial charge on any atom is 0.266 e. The summed E-state index contributed by atoms with van der Waals surface area (Å²) in [7, 11) is 0. The van der Waals surface area contributed by atoms with Crippen molar-refractivity contribution in [1.29, 1.82) is 0 Å². The molecule has 5 nitrogen and oxygen atoms in total. The lowest BCUT2D eigenvalue weighted by Crippen LogP contribution is -2.52. The summed E-state index contributed by atoms with van der Waals surface area (Å²) < 4.78 is 1.58. The van der Waals surface area contributed by atoms with Gasteiger partial charge in [-0.3, -0.25) is 9.59 Å². The highest BCUT2D eigenvalue weighted by Crippen LogP contribution is 2.38. The highest BCUT2D eigenvalue weighted by Gasteiger charge is 2.32. The summed E-state index contributed by atoms with van der Waals surface area (Å²) in [5.74, 6) is 0.917. The van der Waals surface area contributed by atoms with Crippen molar-refractivity contribution in [2.45, 2.75) is 39.2 Å². The predicted molar refractivity (Wildman–Crippen MR) is 95.8 cm³/mol. The van der Waals surface area contributed by atoms with Gasteiger partial charge in [-0.05, 0) is 44.9 Å². The van der Waals surface area contributed by atoms with Crippen LogP contribution >= 0.6 is 0 Å². The molecule has 2 fully saturated rings. The highest BCUT2D eigenvalue weighted by atomic mass is 16.2. The molecule has 0 atom stereocenters. The van der Waals surface area contributed by atoms with Crippen LogP contribution in [0.4, 0.5) is 0 Å². The van der Waals surface area contributed by atoms with Crippen molar-refractivity contribution in [3.63, 3.8) is 0 Å². The Labute approximate surface area is 147 Å². The number of aryl methyl sites for hydroxylation is 2. The Morgan fingerprint density at radius 2 is 1.80 bits per heavy atom. The van der Waals surface area contributed by atoms with E-state index >= 15 is 0 Å². The minimum atomic E-state index is -0.0523. The zero-order valence-electron chi connectivity index (χ0n) is 14.7. The molecule has 0 radical (unpaired) electrons. The van der Waals surface area contributed by atoms with Crippen LogP contribution in [-0.4, -0.2) is 33.7 Å². The normalized spacial score (nSPS) is 17.4. The molecule has 130 valence electrons. The van der Waals surface area contributed by atoms with Gasteiger partial charge in [-0.1, -0.05) is 17.2 Å². The number of carbonyl (C=O) groups is 1. The van der Waals surface area contributed by atoms with E-state index < -0.39 is 0 Å². The fourth-order valence-electron chi connectivity index (χ4n) is 3.57. The van der Waals surface area contributed by atoms with E-state index in [0.717, 1.165) is 22.4 Å². The van der Waals surface area contributed by atoms with Crippen molar-refractivity contribution in [3.05, 3.63) is 63.1 Å². The molecule has 1 saturated heterocycles. The van der Waals surface area contributed by atoms with Crippen molar-refractivity contribution in [1.82, 2.24) is 14.7 Å². The number of rotatable bonds is 4. The van der Waals surface area contributed by atoms with Crippen LogP contribution in [0.15, 0.2) is 35.1 Å². The van der Waals surface area contributed by atoms with Crippen LogP contribution in [0.5, 0.6) is 0 Å². The summed E-state index contributed by atoms with van der Waals surface area (Å²) in [6.07, 6.45) is 2.35. The molecular weight excluding hydrogens is 314 g/mol. The molecule has 25 heavy (non-hydrogen) atoms. The van der Waals surface area contributed by atoms with Crippen LogP contribution in [0, 0.1) is 19.8 Å². The summed E-state index contributed by atoms with van der Waals surface area (Å²) in [4.78, 5) is 26.5. The maximum absolute atomic E-state index is 12.6. The third kappa shape index (κ3) is 3.36. The quantitative estimate of drug-likeness (QED) is 0.861. The van der Waals surface area contributed by atoms with Crippen LogP contribution in [0.3, 0.4) is 0 Å². The number of aromatic nitrogens is 2. The zero-order chi connectivity index (χ0) is 17.6. The summed E-state index contributed by atoms with van der Waals surface area (Å²) in [5, 5.41) is 4.51. The van der Waals surface area contributed by atoms with Crippen LogP contribution in [-0.2, 0) is 6.54 Å². The van der Waals surface area contributed by atoms with Crippen molar-refractivity contribution < 1.29 is 4.79 Å². The molecule has 2 aromatic rings. The zero-order valence-corrected chi connectivity index (χ0v) is 14.7. The predicted octanol–water partition coefficient (Wildman–Crippen LogP) is 2.51. The minimum absolute atomic E-state index is 0.0523. The van der Waals surface area contributed by atoms with E-state index in [1.165, 1.54) is 12.8 Å². The van der Waals surface area contributed by atoms with Crippen molar-refractivity contribution in [2.75, 3.05) is 13.1 Å². The van der Waals surface area contributed by atoms with Gasteiger partial charge in [0, 0.05) is 36.6 Å². The van der Waals surface area contributed by atoms with E-state index in [2.05, 4.69) is 11.2 Å². The Hall–Kier alpha value is -2.43. The van der Waals surface area contributed by atoms with E-state index in [1.54, 1.807) is 10.7 Å². The lowest BCUT2D eigenvalue weighted by molar-refractivity contribution is 0.0458. The standard InChI is InChI=1S/C20H23N3O2/c1-13-7-14(2)9-17(8-13)20(25)22-10-15(11-22)12-23-19(24)6-5-18(21-23)16-3-4-16/h5-9,15-16H,3-4,10-12H2,1-2H3. The highest BCUT2D eigenvalue weighted by molar-refractivity contribution is 5.95. The minimum Gasteiger partial charge on any atom is -0.338 e. The van der Waals surface area contributed by atoms with E-state index in [1.807, 2.05) is 36.9 Å². The Bertz CT molecular complexity index is 857. The molecule has 1 aliphatic carbocycles. The fraction of sp³-hybridized carbons (Fsp3) is 0.450. The van der Waals surface area contributed by atoms with Gasteiger partial charge < -0.3 is 4.90 Å². The van der Waals surface area contributed by atoms with Crippen LogP contribution < -0.4 is 5.56 Å². The van der Waals surface area contributed by atoms with Gasteiger partial charge in [-0.2, -0.15) is 5.10 Å². The molecule has 2 heterocycles. The van der Waals surface area contributed by atoms with Crippen molar-refractivity contribution in [2.24, 2.45) is 5.92 Å². The second kappa shape index (κ2) is 6.14. The number of nitrogens with zero attached hydrogens (tertiary/aromatic N) is 3. The first-order valence-corrected chi connectivity index (χ1v) is 8.95. The van der Waals surface area contributed by atoms with Crippen LogP contribution in [0.25, 0.3) is 0 Å². The number of hydrogen-bond acceptors (Lipinski definition) is 3. The Balaban J connectivity index is 1.40. The molecule has 5 heteroatoms. The third-order valence-corrected chi connectivity index (χ3v) is 5.03. The van der Waals surface area contributed by atoms with E-state index in [4.69, 9.17) is 0 Å². The maximum atomic E-state index is 12.6. The molecule has 2 aliphatic rings. The van der Waals surface area contributed by atoms with Crippen LogP contribution in [0.1, 0.15) is 45.9 Å². The first-order valence-electron chi connectivity index (χ1n) is 8.95. The first kappa shape index (κ1) is 16.1. The van der Waals surface area contributed by atoms with E-state index in [0.29, 0.717) is 31.5 Å². The number of hydrogen-bond donors (Lipinski definition) is 0. The number of benzene rings is 1. The fourth-order valence-corrected chi connectivity index (χ4v) is 3.57. The Kier molecular flexibility index (Phi) is 3.94. The topological polar surface area (TPSA) is 55.2 Å². The Morgan fingerprint density at radius 3 is 2.44 bits per heavy atom. The molecule has 1 saturated carbocycles. The lowest BCUT2D eigenvalue weighted by atomic mass is 9.98. The molecule has 1 aromatic heterocycles. The van der Waals surface area contributed by atoms with Crippen molar-refractivity contribution >= 4 is 5.91 Å². The van der Waals surface area contributed by atoms with Crippen molar-refractivity contribution in [3.8, 4) is 0 Å². The summed E-state index contributed by atoms with van der Waals surface area (Å²) >= 11 is 0. The van der Waals surface area contributed by atoms with Gasteiger partial charge in [0.25, 0.3) is 11.5 Å². The molecule has 0 unspecified atom stereocenters. The monoisotopic (exact) mass is 337 g/mol.